The fourth-order valence-electron chi connectivity index (χ4n) is 3.93. The van der Waals surface area contributed by atoms with Crippen LogP contribution in [-0.4, -0.2) is 72.8 Å². The van der Waals surface area contributed by atoms with Crippen LogP contribution in [0, 0.1) is 0 Å². The minimum absolute atomic E-state index is 0.0958. The predicted octanol–water partition coefficient (Wildman–Crippen LogP) is 0.170. The van der Waals surface area contributed by atoms with Gasteiger partial charge in [-0.3, -0.25) is 24.2 Å². The lowest BCUT2D eigenvalue weighted by molar-refractivity contribution is -0.123. The number of anilines is 1. The zero-order chi connectivity index (χ0) is 19.7. The largest absolute Gasteiger partial charge is 0.365 e. The Morgan fingerprint density at radius 3 is 2.25 bits per heavy atom. The first-order valence-corrected chi connectivity index (χ1v) is 10.8. The first-order valence-electron chi connectivity index (χ1n) is 9.98. The molecule has 2 aliphatic carbocycles. The third kappa shape index (κ3) is 4.53. The normalized spacial score (nSPS) is 20.0. The Labute approximate surface area is 168 Å². The Morgan fingerprint density at radius 2 is 1.64 bits per heavy atom. The van der Waals surface area contributed by atoms with E-state index in [-0.39, 0.29) is 18.4 Å². The number of thiophene rings is 1. The number of fused-ring (bicyclic) bond motifs is 1. The van der Waals surface area contributed by atoms with Crippen LogP contribution >= 0.6 is 11.3 Å². The monoisotopic (exact) mass is 405 g/mol. The van der Waals surface area contributed by atoms with E-state index in [0.717, 1.165) is 63.8 Å². The van der Waals surface area contributed by atoms with Gasteiger partial charge in [0, 0.05) is 37.1 Å². The van der Waals surface area contributed by atoms with Crippen LogP contribution in [0.15, 0.2) is 0 Å². The average Bonchev–Trinajstić information content (AvgIpc) is 3.21. The van der Waals surface area contributed by atoms with Gasteiger partial charge in [0.15, 0.2) is 0 Å². The Morgan fingerprint density at radius 1 is 1.00 bits per heavy atom. The van der Waals surface area contributed by atoms with Crippen molar-refractivity contribution in [2.45, 2.75) is 38.1 Å². The molecule has 4 N–H and O–H groups in total. The van der Waals surface area contributed by atoms with E-state index < -0.39 is 5.91 Å². The summed E-state index contributed by atoms with van der Waals surface area (Å²) in [6.45, 7) is 3.74. The molecule has 0 atom stereocenters. The van der Waals surface area contributed by atoms with E-state index in [1.807, 2.05) is 0 Å². The van der Waals surface area contributed by atoms with E-state index in [1.165, 1.54) is 16.2 Å². The molecule has 0 bridgehead atoms. The van der Waals surface area contributed by atoms with E-state index in [4.69, 9.17) is 5.73 Å². The lowest BCUT2D eigenvalue weighted by Crippen LogP contribution is -2.51. The molecule has 0 unspecified atom stereocenters. The van der Waals surface area contributed by atoms with Crippen molar-refractivity contribution in [1.82, 2.24) is 15.1 Å². The molecule has 1 aromatic rings. The molecule has 0 spiro atoms. The number of nitrogens with two attached hydrogens (primary N) is 1. The minimum atomic E-state index is -0.465. The van der Waals surface area contributed by atoms with Crippen molar-refractivity contribution in [2.24, 2.45) is 5.73 Å². The molecule has 1 aliphatic heterocycles. The number of carbonyl (C=O) groups is 3. The van der Waals surface area contributed by atoms with Gasteiger partial charge >= 0.3 is 0 Å². The van der Waals surface area contributed by atoms with Gasteiger partial charge in [0.2, 0.25) is 11.8 Å². The number of amides is 3. The van der Waals surface area contributed by atoms with Gasteiger partial charge in [0.25, 0.3) is 5.91 Å². The summed E-state index contributed by atoms with van der Waals surface area (Å²) in [5, 5.41) is 6.50. The third-order valence-corrected chi connectivity index (χ3v) is 6.77. The highest BCUT2D eigenvalue weighted by Gasteiger charge is 2.28. The Hall–Kier alpha value is -1.97. The number of hydrogen-bond donors (Lipinski definition) is 3. The maximum absolute atomic E-state index is 12.5. The van der Waals surface area contributed by atoms with Crippen LogP contribution < -0.4 is 16.4 Å². The van der Waals surface area contributed by atoms with E-state index in [0.29, 0.717) is 23.2 Å². The van der Waals surface area contributed by atoms with Crippen LogP contribution in [0.1, 0.15) is 40.1 Å². The van der Waals surface area contributed by atoms with Gasteiger partial charge in [-0.05, 0) is 37.7 Å². The molecule has 3 amide bonds. The maximum atomic E-state index is 12.5. The summed E-state index contributed by atoms with van der Waals surface area (Å²) in [4.78, 5) is 41.6. The number of piperazine rings is 1. The van der Waals surface area contributed by atoms with Crippen molar-refractivity contribution < 1.29 is 14.4 Å². The van der Waals surface area contributed by atoms with Gasteiger partial charge in [-0.1, -0.05) is 0 Å². The zero-order valence-corrected chi connectivity index (χ0v) is 16.8. The molecule has 0 radical (unpaired) electrons. The van der Waals surface area contributed by atoms with E-state index >= 15 is 0 Å². The summed E-state index contributed by atoms with van der Waals surface area (Å²) in [7, 11) is 0. The number of nitrogens with one attached hydrogen (secondary N) is 2. The van der Waals surface area contributed by atoms with E-state index in [2.05, 4.69) is 20.4 Å². The van der Waals surface area contributed by atoms with Gasteiger partial charge in [-0.15, -0.1) is 11.3 Å². The van der Waals surface area contributed by atoms with Crippen molar-refractivity contribution in [3.63, 3.8) is 0 Å². The highest BCUT2D eigenvalue weighted by molar-refractivity contribution is 7.17. The second-order valence-corrected chi connectivity index (χ2v) is 8.97. The third-order valence-electron chi connectivity index (χ3n) is 5.56. The quantitative estimate of drug-likeness (QED) is 0.599. The van der Waals surface area contributed by atoms with Crippen molar-refractivity contribution in [2.75, 3.05) is 44.6 Å². The predicted molar refractivity (Wildman–Crippen MR) is 108 cm³/mol. The fourth-order valence-corrected chi connectivity index (χ4v) is 5.24. The van der Waals surface area contributed by atoms with Gasteiger partial charge < -0.3 is 16.4 Å². The molecule has 9 heteroatoms. The molecule has 28 heavy (non-hydrogen) atoms. The van der Waals surface area contributed by atoms with Crippen LogP contribution in [-0.2, 0) is 22.4 Å². The molecule has 1 saturated heterocycles. The molecule has 152 valence electrons. The summed E-state index contributed by atoms with van der Waals surface area (Å²) in [5.41, 5.74) is 7.07. The SMILES string of the molecule is NC(=O)c1c(NC(=O)CN2CCN(CC(=O)NC3CC3)CC2)sc2c1CCC2. The molecule has 2 heterocycles. The van der Waals surface area contributed by atoms with Crippen molar-refractivity contribution in [3.8, 4) is 0 Å². The standard InChI is InChI=1S/C19H27N5O3S/c20-18(27)17-13-2-1-3-14(13)28-19(17)22-16(26)11-24-8-6-23(7-9-24)10-15(25)21-12-4-5-12/h12H,1-11H2,(H2,20,27)(H,21,25)(H,22,26). The van der Waals surface area contributed by atoms with Crippen LogP contribution in [0.5, 0.6) is 0 Å². The number of hydrogen-bond acceptors (Lipinski definition) is 6. The molecule has 3 aliphatic rings. The number of carbonyl (C=O) groups excluding carboxylic acids is 3. The van der Waals surface area contributed by atoms with E-state index in [9.17, 15) is 14.4 Å². The second kappa shape index (κ2) is 8.18. The number of nitrogens with zero attached hydrogens (tertiary/aromatic N) is 2. The molecule has 0 aromatic carbocycles. The van der Waals surface area contributed by atoms with Gasteiger partial charge in [-0.2, -0.15) is 0 Å². The summed E-state index contributed by atoms with van der Waals surface area (Å²) < 4.78 is 0. The Kier molecular flexibility index (Phi) is 5.65. The second-order valence-electron chi connectivity index (χ2n) is 7.87. The minimum Gasteiger partial charge on any atom is -0.365 e. The average molecular weight is 406 g/mol. The molecule has 4 rings (SSSR count). The van der Waals surface area contributed by atoms with Crippen molar-refractivity contribution in [3.05, 3.63) is 16.0 Å². The van der Waals surface area contributed by atoms with Gasteiger partial charge in [-0.25, -0.2) is 0 Å². The number of rotatable bonds is 7. The summed E-state index contributed by atoms with van der Waals surface area (Å²) in [5.74, 6) is -0.492. The maximum Gasteiger partial charge on any atom is 0.251 e. The highest BCUT2D eigenvalue weighted by atomic mass is 32.1. The molecular formula is C19H27N5O3S. The van der Waals surface area contributed by atoms with Gasteiger partial charge in [0.05, 0.1) is 18.7 Å². The topological polar surface area (TPSA) is 108 Å². The molecule has 1 aromatic heterocycles. The molecular weight excluding hydrogens is 378 g/mol. The summed E-state index contributed by atoms with van der Waals surface area (Å²) in [6, 6.07) is 0.390. The lowest BCUT2D eigenvalue weighted by Gasteiger charge is -2.33. The summed E-state index contributed by atoms with van der Waals surface area (Å²) >= 11 is 1.48. The molecule has 8 nitrogen and oxygen atoms in total. The van der Waals surface area contributed by atoms with Gasteiger partial charge in [0.1, 0.15) is 5.00 Å². The Bertz CT molecular complexity index is 781. The zero-order valence-electron chi connectivity index (χ0n) is 16.0. The van der Waals surface area contributed by atoms with Crippen LogP contribution in [0.4, 0.5) is 5.00 Å². The fraction of sp³-hybridized carbons (Fsp3) is 0.632. The molecule has 2 fully saturated rings. The smallest absolute Gasteiger partial charge is 0.251 e. The highest BCUT2D eigenvalue weighted by Crippen LogP contribution is 2.38. The first kappa shape index (κ1) is 19.4. The number of aryl methyl sites for hydroxylation is 1. The lowest BCUT2D eigenvalue weighted by atomic mass is 10.1. The van der Waals surface area contributed by atoms with Crippen molar-refractivity contribution in [1.29, 1.82) is 0 Å². The Balaban J connectivity index is 1.25. The van der Waals surface area contributed by atoms with E-state index in [1.54, 1.807) is 0 Å². The van der Waals surface area contributed by atoms with Crippen molar-refractivity contribution >= 4 is 34.1 Å². The number of primary amides is 1. The van der Waals surface area contributed by atoms with Crippen LogP contribution in [0.25, 0.3) is 0 Å². The summed E-state index contributed by atoms with van der Waals surface area (Å²) in [6.07, 6.45) is 5.04. The first-order chi connectivity index (χ1) is 13.5. The molecule has 1 saturated carbocycles. The van der Waals surface area contributed by atoms with Crippen LogP contribution in [0.2, 0.25) is 0 Å². The van der Waals surface area contributed by atoms with Crippen LogP contribution in [0.3, 0.4) is 0 Å².